The van der Waals surface area contributed by atoms with Crippen molar-refractivity contribution in [1.29, 1.82) is 0 Å². The SMILES string of the molecule is COc1ccccc1C1=NN(c2ccc(Br)cc2)N(C(=O)c2ccccc2O)[NH2+]1.[I-]. The van der Waals surface area contributed by atoms with Gasteiger partial charge in [-0.05, 0) is 48.5 Å². The summed E-state index contributed by atoms with van der Waals surface area (Å²) >= 11 is 3.42. The Morgan fingerprint density at radius 2 is 1.70 bits per heavy atom. The number of phenolic OH excluding ortho intramolecular Hbond substituents is 1. The van der Waals surface area contributed by atoms with E-state index in [0.717, 1.165) is 10.0 Å². The second kappa shape index (κ2) is 9.45. The van der Waals surface area contributed by atoms with Crippen LogP contribution < -0.4 is 39.3 Å². The minimum atomic E-state index is -0.403. The van der Waals surface area contributed by atoms with Gasteiger partial charge in [-0.3, -0.25) is 4.79 Å². The van der Waals surface area contributed by atoms with Crippen LogP contribution in [-0.4, -0.2) is 29.1 Å². The van der Waals surface area contributed by atoms with Crippen molar-refractivity contribution < 1.29 is 44.0 Å². The summed E-state index contributed by atoms with van der Waals surface area (Å²) in [6.07, 6.45) is 0. The van der Waals surface area contributed by atoms with Crippen molar-refractivity contribution in [3.63, 3.8) is 0 Å². The molecule has 1 heterocycles. The minimum absolute atomic E-state index is 0. The number of nitrogens with zero attached hydrogens (tertiary/aromatic N) is 3. The van der Waals surface area contributed by atoms with Gasteiger partial charge in [0, 0.05) is 4.47 Å². The highest BCUT2D eigenvalue weighted by molar-refractivity contribution is 9.10. The highest BCUT2D eigenvalue weighted by Crippen LogP contribution is 2.25. The van der Waals surface area contributed by atoms with Crippen LogP contribution in [-0.2, 0) is 0 Å². The summed E-state index contributed by atoms with van der Waals surface area (Å²) in [6.45, 7) is 0. The molecule has 0 unspecified atom stereocenters. The molecule has 1 amide bonds. The van der Waals surface area contributed by atoms with E-state index in [4.69, 9.17) is 4.74 Å². The molecule has 0 fully saturated rings. The third-order valence-electron chi connectivity index (χ3n) is 4.43. The van der Waals surface area contributed by atoms with Gasteiger partial charge in [-0.25, -0.2) is 0 Å². The molecular weight excluding hydrogens is 563 g/mol. The van der Waals surface area contributed by atoms with E-state index in [0.29, 0.717) is 17.3 Å². The van der Waals surface area contributed by atoms with Gasteiger partial charge in [0.05, 0.1) is 18.4 Å². The van der Waals surface area contributed by atoms with E-state index in [-0.39, 0.29) is 35.3 Å². The Morgan fingerprint density at radius 1 is 1.03 bits per heavy atom. The molecule has 154 valence electrons. The molecule has 0 atom stereocenters. The number of rotatable bonds is 4. The molecule has 7 nitrogen and oxygen atoms in total. The van der Waals surface area contributed by atoms with Crippen LogP contribution in [0.3, 0.4) is 0 Å². The van der Waals surface area contributed by atoms with Gasteiger partial charge in [0.15, 0.2) is 0 Å². The van der Waals surface area contributed by atoms with Crippen LogP contribution in [0.15, 0.2) is 82.4 Å². The Kier molecular flexibility index (Phi) is 6.95. The predicted octanol–water partition coefficient (Wildman–Crippen LogP) is -0.115. The molecule has 1 aliphatic heterocycles. The number of quaternary nitrogens is 1. The zero-order chi connectivity index (χ0) is 20.4. The van der Waals surface area contributed by atoms with Crippen LogP contribution >= 0.6 is 15.9 Å². The first-order valence-electron chi connectivity index (χ1n) is 8.82. The lowest BCUT2D eigenvalue weighted by atomic mass is 10.2. The number of halogens is 2. The molecule has 3 N–H and O–H groups in total. The van der Waals surface area contributed by atoms with Crippen LogP contribution in [0, 0.1) is 0 Å². The number of methoxy groups -OCH3 is 1. The maximum Gasteiger partial charge on any atom is 0.328 e. The maximum atomic E-state index is 13.2. The molecule has 9 heteroatoms. The molecule has 3 aromatic carbocycles. The first-order chi connectivity index (χ1) is 14.1. The van der Waals surface area contributed by atoms with Crippen molar-refractivity contribution in [1.82, 2.24) is 5.12 Å². The summed E-state index contributed by atoms with van der Waals surface area (Å²) in [5, 5.41) is 17.7. The Hall–Kier alpha value is -2.63. The molecule has 0 saturated carbocycles. The van der Waals surface area contributed by atoms with E-state index in [1.165, 1.54) is 16.3 Å². The molecule has 0 radical (unpaired) electrons. The van der Waals surface area contributed by atoms with Crippen molar-refractivity contribution in [2.45, 2.75) is 0 Å². The van der Waals surface area contributed by atoms with E-state index in [1.54, 1.807) is 30.7 Å². The van der Waals surface area contributed by atoms with Crippen LogP contribution in [0.1, 0.15) is 15.9 Å². The minimum Gasteiger partial charge on any atom is -1.00 e. The average molecular weight is 581 g/mol. The number of anilines is 1. The lowest BCUT2D eigenvalue weighted by Gasteiger charge is -2.22. The third kappa shape index (κ3) is 4.27. The fourth-order valence-corrected chi connectivity index (χ4v) is 3.27. The molecule has 0 spiro atoms. The molecule has 0 saturated heterocycles. The van der Waals surface area contributed by atoms with Gasteiger partial charge in [-0.1, -0.05) is 50.4 Å². The zero-order valence-corrected chi connectivity index (χ0v) is 19.6. The number of hydrazine groups is 1. The van der Waals surface area contributed by atoms with Crippen LogP contribution in [0.5, 0.6) is 11.5 Å². The number of phenols is 1. The van der Waals surface area contributed by atoms with Gasteiger partial charge in [-0.15, -0.1) is 5.12 Å². The number of amides is 1. The number of hydrogen-bond donors (Lipinski definition) is 2. The monoisotopic (exact) mass is 580 g/mol. The Morgan fingerprint density at radius 3 is 2.40 bits per heavy atom. The van der Waals surface area contributed by atoms with Gasteiger partial charge >= 0.3 is 5.91 Å². The molecule has 1 aliphatic rings. The molecule has 3 aromatic rings. The summed E-state index contributed by atoms with van der Waals surface area (Å²) in [6, 6.07) is 21.3. The molecule has 0 aromatic heterocycles. The highest BCUT2D eigenvalue weighted by atomic mass is 127. The fraction of sp³-hybridized carbons (Fsp3) is 0.0476. The number of ether oxygens (including phenoxy) is 1. The van der Waals surface area contributed by atoms with E-state index in [2.05, 4.69) is 21.0 Å². The maximum absolute atomic E-state index is 13.2. The number of para-hydroxylation sites is 2. The van der Waals surface area contributed by atoms with Gasteiger partial charge < -0.3 is 33.8 Å². The lowest BCUT2D eigenvalue weighted by Crippen LogP contribution is -3.00. The van der Waals surface area contributed by atoms with E-state index in [1.807, 2.05) is 48.5 Å². The number of benzene rings is 3. The first kappa shape index (κ1) is 22.1. The lowest BCUT2D eigenvalue weighted by molar-refractivity contribution is -0.681. The number of carbonyl (C=O) groups is 1. The average Bonchev–Trinajstić information content (AvgIpc) is 3.19. The van der Waals surface area contributed by atoms with Crippen molar-refractivity contribution in [2.24, 2.45) is 5.10 Å². The molecule has 30 heavy (non-hydrogen) atoms. The van der Waals surface area contributed by atoms with Crippen LogP contribution in [0.2, 0.25) is 0 Å². The smallest absolute Gasteiger partial charge is 0.328 e. The van der Waals surface area contributed by atoms with Crippen LogP contribution in [0.25, 0.3) is 0 Å². The van der Waals surface area contributed by atoms with Gasteiger partial charge in [0.2, 0.25) is 0 Å². The molecular formula is C21H18BrIN4O3. The normalized spacial score (nSPS) is 12.9. The summed E-state index contributed by atoms with van der Waals surface area (Å²) in [5.74, 6) is 0.719. The number of carbonyl (C=O) groups excluding carboxylic acids is 1. The highest BCUT2D eigenvalue weighted by Gasteiger charge is 2.37. The summed E-state index contributed by atoms with van der Waals surface area (Å²) < 4.78 is 6.36. The Labute approximate surface area is 199 Å². The summed E-state index contributed by atoms with van der Waals surface area (Å²) in [5.41, 5.74) is 3.26. The molecule has 0 aliphatic carbocycles. The van der Waals surface area contributed by atoms with Crippen molar-refractivity contribution in [3.05, 3.63) is 88.4 Å². The van der Waals surface area contributed by atoms with Crippen LogP contribution in [0.4, 0.5) is 5.69 Å². The van der Waals surface area contributed by atoms with Crippen molar-refractivity contribution in [2.75, 3.05) is 12.2 Å². The number of hydrogen-bond acceptors (Lipinski definition) is 5. The van der Waals surface area contributed by atoms with Crippen molar-refractivity contribution in [3.8, 4) is 11.5 Å². The fourth-order valence-electron chi connectivity index (χ4n) is 3.01. The van der Waals surface area contributed by atoms with Gasteiger partial charge in [0.25, 0.3) is 5.84 Å². The Bertz CT molecular complexity index is 1090. The zero-order valence-electron chi connectivity index (χ0n) is 15.9. The summed E-state index contributed by atoms with van der Waals surface area (Å²) in [4.78, 5) is 13.2. The number of hydrazone groups is 1. The summed E-state index contributed by atoms with van der Waals surface area (Å²) in [7, 11) is 1.59. The second-order valence-corrected chi connectivity index (χ2v) is 7.16. The quantitative estimate of drug-likeness (QED) is 0.256. The second-order valence-electron chi connectivity index (χ2n) is 6.25. The largest absolute Gasteiger partial charge is 1.00 e. The number of aromatic hydroxyl groups is 1. The van der Waals surface area contributed by atoms with E-state index >= 15 is 0 Å². The standard InChI is InChI=1S/C21H17BrN4O3.HI/c1-29-19-9-5-3-7-17(19)20-23-25(15-12-10-14(22)11-13-15)26(24-20)21(28)16-6-2-4-8-18(16)27;/h2-13,27H,1H3,(H,23,24);1H. The first-order valence-corrected chi connectivity index (χ1v) is 9.62. The topological polar surface area (TPSA) is 82.0 Å². The van der Waals surface area contributed by atoms with E-state index < -0.39 is 5.91 Å². The number of nitrogens with two attached hydrogens (primary N) is 1. The Balaban J connectivity index is 0.00000256. The third-order valence-corrected chi connectivity index (χ3v) is 4.96. The van der Waals surface area contributed by atoms with Crippen molar-refractivity contribution >= 4 is 33.4 Å². The van der Waals surface area contributed by atoms with Gasteiger partial charge in [-0.2, -0.15) is 5.43 Å². The van der Waals surface area contributed by atoms with Gasteiger partial charge in [0.1, 0.15) is 17.1 Å². The van der Waals surface area contributed by atoms with E-state index in [9.17, 15) is 9.90 Å². The predicted molar refractivity (Wildman–Crippen MR) is 112 cm³/mol. The number of amidine groups is 1. The molecule has 0 bridgehead atoms. The molecule has 4 rings (SSSR count).